The Labute approximate surface area is 176 Å². The molecule has 2 saturated heterocycles. The van der Waals surface area contributed by atoms with Crippen LogP contribution in [-0.2, 0) is 17.4 Å². The molecular formula is C21H30ClF3N2O2. The molecule has 0 spiro atoms. The number of likely N-dealkylation sites (tertiary alicyclic amines) is 2. The molecule has 0 aliphatic carbocycles. The molecule has 4 nitrogen and oxygen atoms in total. The van der Waals surface area contributed by atoms with Gasteiger partial charge in [0.25, 0.3) is 0 Å². The Morgan fingerprint density at radius 1 is 1.21 bits per heavy atom. The molecule has 1 aromatic rings. The number of aliphatic hydroxyl groups is 1. The highest BCUT2D eigenvalue weighted by atomic mass is 35.5. The summed E-state index contributed by atoms with van der Waals surface area (Å²) in [4.78, 5) is 17.1. The van der Waals surface area contributed by atoms with E-state index < -0.39 is 11.7 Å². The van der Waals surface area contributed by atoms with Gasteiger partial charge in [0.15, 0.2) is 0 Å². The molecule has 2 aliphatic heterocycles. The molecule has 0 bridgehead atoms. The van der Waals surface area contributed by atoms with Crippen molar-refractivity contribution in [2.45, 2.75) is 57.9 Å². The van der Waals surface area contributed by atoms with Crippen LogP contribution in [0, 0.1) is 5.41 Å². The normalized spacial score (nSPS) is 25.0. The Balaban J connectivity index is 0.00000300. The van der Waals surface area contributed by atoms with Crippen LogP contribution in [0.4, 0.5) is 13.2 Å². The zero-order valence-corrected chi connectivity index (χ0v) is 17.7. The highest BCUT2D eigenvalue weighted by Gasteiger charge is 2.41. The van der Waals surface area contributed by atoms with Crippen LogP contribution >= 0.6 is 12.4 Å². The number of alkyl halides is 3. The van der Waals surface area contributed by atoms with E-state index in [9.17, 15) is 23.1 Å². The molecular weight excluding hydrogens is 405 g/mol. The minimum absolute atomic E-state index is 0. The average Bonchev–Trinajstić information content (AvgIpc) is 3.01. The first-order valence-electron chi connectivity index (χ1n) is 9.92. The van der Waals surface area contributed by atoms with E-state index in [2.05, 4.69) is 18.7 Å². The van der Waals surface area contributed by atoms with Crippen LogP contribution in [0.2, 0.25) is 0 Å². The SMILES string of the molecule is CC1(C)CCCN(C(=O)Cc2ccc(C(F)(F)F)cc2)C1CN1CCC(O)C1.Cl. The Bertz CT molecular complexity index is 694. The fraction of sp³-hybridized carbons (Fsp3) is 0.667. The summed E-state index contributed by atoms with van der Waals surface area (Å²) >= 11 is 0. The van der Waals surface area contributed by atoms with Crippen molar-refractivity contribution < 1.29 is 23.1 Å². The second-order valence-electron chi connectivity index (χ2n) is 8.77. The molecule has 0 saturated carbocycles. The van der Waals surface area contributed by atoms with Gasteiger partial charge in [0.05, 0.1) is 18.1 Å². The first-order chi connectivity index (χ1) is 13.1. The van der Waals surface area contributed by atoms with Crippen LogP contribution in [0.5, 0.6) is 0 Å². The van der Waals surface area contributed by atoms with Gasteiger partial charge < -0.3 is 10.0 Å². The van der Waals surface area contributed by atoms with Crippen molar-refractivity contribution in [3.8, 4) is 0 Å². The van der Waals surface area contributed by atoms with Crippen molar-refractivity contribution in [1.29, 1.82) is 0 Å². The zero-order valence-electron chi connectivity index (χ0n) is 16.9. The van der Waals surface area contributed by atoms with Gasteiger partial charge in [0, 0.05) is 32.2 Å². The first-order valence-corrected chi connectivity index (χ1v) is 9.92. The van der Waals surface area contributed by atoms with Crippen LogP contribution in [0.25, 0.3) is 0 Å². The number of β-amino-alcohol motifs (C(OH)–C–C–N with tert-alkyl or cyclic N) is 1. The van der Waals surface area contributed by atoms with Crippen LogP contribution in [0.15, 0.2) is 24.3 Å². The molecule has 0 aromatic heterocycles. The fourth-order valence-corrected chi connectivity index (χ4v) is 4.40. The van der Waals surface area contributed by atoms with Crippen molar-refractivity contribution in [2.24, 2.45) is 5.41 Å². The molecule has 1 N–H and O–H groups in total. The van der Waals surface area contributed by atoms with Gasteiger partial charge in [-0.15, -0.1) is 12.4 Å². The van der Waals surface area contributed by atoms with Crippen LogP contribution in [0.3, 0.4) is 0 Å². The molecule has 29 heavy (non-hydrogen) atoms. The summed E-state index contributed by atoms with van der Waals surface area (Å²) in [6.07, 6.45) is -1.86. The Kier molecular flexibility index (Phi) is 7.63. The number of piperidine rings is 1. The van der Waals surface area contributed by atoms with Gasteiger partial charge in [-0.3, -0.25) is 9.69 Å². The fourth-order valence-electron chi connectivity index (χ4n) is 4.40. The number of aliphatic hydroxyl groups excluding tert-OH is 1. The number of carbonyl (C=O) groups excluding carboxylic acids is 1. The van der Waals surface area contributed by atoms with Crippen molar-refractivity contribution in [2.75, 3.05) is 26.2 Å². The quantitative estimate of drug-likeness (QED) is 0.784. The topological polar surface area (TPSA) is 43.8 Å². The molecule has 2 atom stereocenters. The summed E-state index contributed by atoms with van der Waals surface area (Å²) in [5.41, 5.74) is -0.147. The van der Waals surface area contributed by atoms with Gasteiger partial charge in [-0.25, -0.2) is 0 Å². The van der Waals surface area contributed by atoms with E-state index in [0.29, 0.717) is 18.7 Å². The number of nitrogens with zero attached hydrogens (tertiary/aromatic N) is 2. The highest BCUT2D eigenvalue weighted by molar-refractivity contribution is 5.85. The van der Waals surface area contributed by atoms with Gasteiger partial charge in [0.2, 0.25) is 5.91 Å². The predicted molar refractivity (Wildman–Crippen MR) is 108 cm³/mol. The average molecular weight is 435 g/mol. The summed E-state index contributed by atoms with van der Waals surface area (Å²) < 4.78 is 38.2. The highest BCUT2D eigenvalue weighted by Crippen LogP contribution is 2.36. The molecule has 1 aromatic carbocycles. The van der Waals surface area contributed by atoms with Gasteiger partial charge >= 0.3 is 6.18 Å². The van der Waals surface area contributed by atoms with E-state index in [4.69, 9.17) is 0 Å². The van der Waals surface area contributed by atoms with E-state index >= 15 is 0 Å². The summed E-state index contributed by atoms with van der Waals surface area (Å²) in [6, 6.07) is 4.88. The summed E-state index contributed by atoms with van der Waals surface area (Å²) in [7, 11) is 0. The summed E-state index contributed by atoms with van der Waals surface area (Å²) in [5, 5.41) is 9.81. The molecule has 164 valence electrons. The number of hydrogen-bond donors (Lipinski definition) is 1. The third-order valence-electron chi connectivity index (χ3n) is 6.13. The van der Waals surface area contributed by atoms with E-state index in [0.717, 1.165) is 44.5 Å². The number of carbonyl (C=O) groups is 1. The van der Waals surface area contributed by atoms with Crippen LogP contribution in [-0.4, -0.2) is 59.1 Å². The van der Waals surface area contributed by atoms with E-state index in [1.807, 2.05) is 4.90 Å². The van der Waals surface area contributed by atoms with E-state index in [1.54, 1.807) is 0 Å². The van der Waals surface area contributed by atoms with Gasteiger partial charge in [-0.1, -0.05) is 26.0 Å². The Morgan fingerprint density at radius 3 is 2.41 bits per heavy atom. The molecule has 3 rings (SSSR count). The standard InChI is InChI=1S/C21H29F3N2O2.ClH/c1-20(2)9-3-10-26(18(20)14-25-11-8-17(27)13-25)19(28)12-15-4-6-16(7-5-15)21(22,23)24;/h4-7,17-18,27H,3,8-14H2,1-2H3;1H. The van der Waals surface area contributed by atoms with Crippen molar-refractivity contribution >= 4 is 18.3 Å². The predicted octanol–water partition coefficient (Wildman–Crippen LogP) is 3.75. The summed E-state index contributed by atoms with van der Waals surface area (Å²) in [6.45, 7) is 7.19. The van der Waals surface area contributed by atoms with E-state index in [-0.39, 0.29) is 42.3 Å². The smallest absolute Gasteiger partial charge is 0.392 e. The molecule has 8 heteroatoms. The van der Waals surface area contributed by atoms with Crippen molar-refractivity contribution in [1.82, 2.24) is 9.80 Å². The van der Waals surface area contributed by atoms with Crippen molar-refractivity contribution in [3.05, 3.63) is 35.4 Å². The lowest BCUT2D eigenvalue weighted by Gasteiger charge is -2.48. The molecule has 2 heterocycles. The Hall–Kier alpha value is -1.31. The third-order valence-corrected chi connectivity index (χ3v) is 6.13. The lowest BCUT2D eigenvalue weighted by molar-refractivity contribution is -0.139. The number of benzene rings is 1. The van der Waals surface area contributed by atoms with Crippen LogP contribution in [0.1, 0.15) is 44.2 Å². The number of amides is 1. The number of rotatable bonds is 4. The van der Waals surface area contributed by atoms with Crippen LogP contribution < -0.4 is 0 Å². The zero-order chi connectivity index (χ0) is 20.5. The number of hydrogen-bond acceptors (Lipinski definition) is 3. The lowest BCUT2D eigenvalue weighted by atomic mass is 9.76. The molecule has 2 fully saturated rings. The largest absolute Gasteiger partial charge is 0.416 e. The maximum atomic E-state index is 13.0. The monoisotopic (exact) mass is 434 g/mol. The van der Waals surface area contributed by atoms with Gasteiger partial charge in [0.1, 0.15) is 0 Å². The van der Waals surface area contributed by atoms with E-state index in [1.165, 1.54) is 12.1 Å². The minimum atomic E-state index is -4.37. The van der Waals surface area contributed by atoms with Crippen molar-refractivity contribution in [3.63, 3.8) is 0 Å². The molecule has 0 radical (unpaired) electrons. The van der Waals surface area contributed by atoms with Gasteiger partial charge in [-0.05, 0) is 42.4 Å². The minimum Gasteiger partial charge on any atom is -0.392 e. The third kappa shape index (κ3) is 5.86. The maximum Gasteiger partial charge on any atom is 0.416 e. The first kappa shape index (κ1) is 24.0. The maximum absolute atomic E-state index is 13.0. The molecule has 2 aliphatic rings. The molecule has 2 unspecified atom stereocenters. The second-order valence-corrected chi connectivity index (χ2v) is 8.77. The number of halogens is 4. The second kappa shape index (κ2) is 9.23. The molecule has 1 amide bonds. The van der Waals surface area contributed by atoms with Gasteiger partial charge in [-0.2, -0.15) is 13.2 Å². The lowest BCUT2D eigenvalue weighted by Crippen LogP contribution is -2.57. The Morgan fingerprint density at radius 2 is 1.86 bits per heavy atom. The summed E-state index contributed by atoms with van der Waals surface area (Å²) in [5.74, 6) is -0.0442.